The van der Waals surface area contributed by atoms with Gasteiger partial charge in [-0.3, -0.25) is 0 Å². The van der Waals surface area contributed by atoms with E-state index in [-0.39, 0.29) is 10.3 Å². The number of rotatable bonds is 4. The molecule has 0 aromatic heterocycles. The molecule has 0 atom stereocenters. The van der Waals surface area contributed by atoms with Crippen LogP contribution in [0.15, 0.2) is 39.9 Å². The normalized spacial score (nSPS) is 15.9. The zero-order chi connectivity index (χ0) is 14.3. The van der Waals surface area contributed by atoms with Crippen molar-refractivity contribution in [3.8, 4) is 5.75 Å². The Morgan fingerprint density at radius 2 is 1.58 bits per heavy atom. The van der Waals surface area contributed by atoms with Crippen LogP contribution in [0, 0.1) is 0 Å². The largest absolute Gasteiger partial charge is 0.491 e. The number of para-hydroxylation sites is 1. The number of hydrogen-bond donors (Lipinski definition) is 2. The van der Waals surface area contributed by atoms with Gasteiger partial charge in [-0.15, -0.1) is 9.53 Å². The van der Waals surface area contributed by atoms with Crippen molar-refractivity contribution < 1.29 is 9.09 Å². The van der Waals surface area contributed by atoms with Gasteiger partial charge in [-0.1, -0.05) is 41.7 Å². The molecule has 6 nitrogen and oxygen atoms in total. The molecule has 0 aliphatic heterocycles. The van der Waals surface area contributed by atoms with E-state index in [0.717, 1.165) is 23.5 Å². The Kier molecular flexibility index (Phi) is 6.27. The Labute approximate surface area is 120 Å². The molecule has 0 bridgehead atoms. The van der Waals surface area contributed by atoms with Crippen molar-refractivity contribution in [3.63, 3.8) is 0 Å². The minimum atomic E-state index is -3.70. The molecular formula is C10H15N4O2PS2. The molecule has 1 aromatic rings. The van der Waals surface area contributed by atoms with E-state index in [1.165, 1.54) is 0 Å². The Balaban J connectivity index is 3.10. The van der Waals surface area contributed by atoms with Crippen LogP contribution in [0.1, 0.15) is 0 Å². The SMILES string of the molecule is CS/C(N)=N/P(=O)(/N=C(\N)SC)Oc1ccccc1. The summed E-state index contributed by atoms with van der Waals surface area (Å²) in [5.74, 6) is 0.390. The third-order valence-corrected chi connectivity index (χ3v) is 4.51. The average molecular weight is 318 g/mol. The molecular weight excluding hydrogens is 303 g/mol. The molecule has 104 valence electrons. The molecule has 0 unspecified atom stereocenters. The maximum absolute atomic E-state index is 12.5. The quantitative estimate of drug-likeness (QED) is 0.502. The van der Waals surface area contributed by atoms with Crippen LogP contribution in [-0.4, -0.2) is 22.8 Å². The lowest BCUT2D eigenvalue weighted by Crippen LogP contribution is -2.09. The topological polar surface area (TPSA) is 103 Å². The number of nitrogens with zero attached hydrogens (tertiary/aromatic N) is 2. The van der Waals surface area contributed by atoms with Crippen LogP contribution in [0.4, 0.5) is 0 Å². The minimum Gasteiger partial charge on any atom is -0.412 e. The zero-order valence-corrected chi connectivity index (χ0v) is 13.0. The van der Waals surface area contributed by atoms with Crippen molar-refractivity contribution in [1.82, 2.24) is 0 Å². The minimum absolute atomic E-state index is 0.122. The van der Waals surface area contributed by atoms with E-state index >= 15 is 0 Å². The van der Waals surface area contributed by atoms with Crippen molar-refractivity contribution >= 4 is 41.5 Å². The number of nitrogens with two attached hydrogens (primary N) is 2. The summed E-state index contributed by atoms with van der Waals surface area (Å²) in [5, 5.41) is 0.244. The van der Waals surface area contributed by atoms with Gasteiger partial charge in [0.1, 0.15) is 5.75 Å². The van der Waals surface area contributed by atoms with Crippen LogP contribution in [0.2, 0.25) is 0 Å². The van der Waals surface area contributed by atoms with Gasteiger partial charge >= 0.3 is 7.67 Å². The molecule has 0 fully saturated rings. The fourth-order valence-electron chi connectivity index (χ4n) is 1.01. The lowest BCUT2D eigenvalue weighted by Gasteiger charge is -2.11. The van der Waals surface area contributed by atoms with Crippen molar-refractivity contribution in [3.05, 3.63) is 30.3 Å². The molecule has 19 heavy (non-hydrogen) atoms. The van der Waals surface area contributed by atoms with Gasteiger partial charge in [-0.25, -0.2) is 4.57 Å². The first-order valence-corrected chi connectivity index (χ1v) is 9.11. The van der Waals surface area contributed by atoms with Gasteiger partial charge in [0.25, 0.3) is 0 Å². The van der Waals surface area contributed by atoms with Gasteiger partial charge in [0.2, 0.25) is 0 Å². The molecule has 0 spiro atoms. The lowest BCUT2D eigenvalue weighted by atomic mass is 10.3. The summed E-state index contributed by atoms with van der Waals surface area (Å²) in [6.07, 6.45) is 3.43. The summed E-state index contributed by atoms with van der Waals surface area (Å²) in [6, 6.07) is 8.63. The van der Waals surface area contributed by atoms with E-state index in [9.17, 15) is 4.57 Å². The summed E-state index contributed by atoms with van der Waals surface area (Å²) in [6.45, 7) is 0. The van der Waals surface area contributed by atoms with Gasteiger partial charge in [0.15, 0.2) is 10.3 Å². The van der Waals surface area contributed by atoms with Crippen molar-refractivity contribution in [2.24, 2.45) is 21.0 Å². The first-order valence-electron chi connectivity index (χ1n) is 5.13. The Hall–Kier alpha value is -1.11. The van der Waals surface area contributed by atoms with E-state index in [2.05, 4.69) is 9.53 Å². The van der Waals surface area contributed by atoms with Gasteiger partial charge in [0, 0.05) is 0 Å². The average Bonchev–Trinajstić information content (AvgIpc) is 2.39. The van der Waals surface area contributed by atoms with Crippen LogP contribution in [-0.2, 0) is 4.57 Å². The molecule has 0 aliphatic rings. The maximum Gasteiger partial charge on any atom is 0.491 e. The van der Waals surface area contributed by atoms with Gasteiger partial charge in [0.05, 0.1) is 0 Å². The van der Waals surface area contributed by atoms with E-state index in [0.29, 0.717) is 5.75 Å². The lowest BCUT2D eigenvalue weighted by molar-refractivity contribution is 0.485. The van der Waals surface area contributed by atoms with Gasteiger partial charge < -0.3 is 16.0 Å². The highest BCUT2D eigenvalue weighted by Gasteiger charge is 2.24. The molecule has 0 aliphatic carbocycles. The van der Waals surface area contributed by atoms with Crippen LogP contribution in [0.3, 0.4) is 0 Å². The third kappa shape index (κ3) is 5.59. The highest BCUT2D eigenvalue weighted by Crippen LogP contribution is 2.51. The molecule has 0 saturated carbocycles. The van der Waals surface area contributed by atoms with E-state index < -0.39 is 7.67 Å². The summed E-state index contributed by atoms with van der Waals surface area (Å²) in [5.41, 5.74) is 11.1. The molecule has 0 radical (unpaired) electrons. The third-order valence-electron chi connectivity index (χ3n) is 1.84. The molecule has 1 aromatic carbocycles. The van der Waals surface area contributed by atoms with Gasteiger partial charge in [-0.05, 0) is 24.6 Å². The first kappa shape index (κ1) is 15.9. The fourth-order valence-corrected chi connectivity index (χ4v) is 3.31. The highest BCUT2D eigenvalue weighted by molar-refractivity contribution is 8.13. The van der Waals surface area contributed by atoms with Crippen LogP contribution < -0.4 is 16.0 Å². The standard InChI is InChI=1S/C10H15N4O2PS2/c1-18-9(11)13-17(15,14-10(12)19-2)16-8-6-4-3-5-7-8/h3-7H,1-2H3,(H4,11,12,13,14,15). The maximum atomic E-state index is 12.5. The molecule has 9 heteroatoms. The molecule has 0 saturated heterocycles. The monoisotopic (exact) mass is 318 g/mol. The highest BCUT2D eigenvalue weighted by atomic mass is 32.2. The van der Waals surface area contributed by atoms with Gasteiger partial charge in [-0.2, -0.15) is 0 Å². The number of amidine groups is 2. The van der Waals surface area contributed by atoms with E-state index in [4.69, 9.17) is 16.0 Å². The number of benzene rings is 1. The number of hydrogen-bond acceptors (Lipinski definition) is 4. The second-order valence-electron chi connectivity index (χ2n) is 3.18. The molecule has 4 N–H and O–H groups in total. The smallest absolute Gasteiger partial charge is 0.412 e. The Morgan fingerprint density at radius 3 is 2.00 bits per heavy atom. The Morgan fingerprint density at radius 1 is 1.11 bits per heavy atom. The number of thioether (sulfide) groups is 2. The molecule has 0 heterocycles. The molecule has 0 amide bonds. The Bertz CT molecular complexity index is 498. The fraction of sp³-hybridized carbons (Fsp3) is 0.200. The summed E-state index contributed by atoms with van der Waals surface area (Å²) in [7, 11) is -3.70. The van der Waals surface area contributed by atoms with Crippen LogP contribution in [0.25, 0.3) is 0 Å². The summed E-state index contributed by atoms with van der Waals surface area (Å²) < 4.78 is 25.5. The zero-order valence-electron chi connectivity index (χ0n) is 10.5. The molecule has 1 rings (SSSR count). The van der Waals surface area contributed by atoms with Crippen molar-refractivity contribution in [2.45, 2.75) is 0 Å². The predicted octanol–water partition coefficient (Wildman–Crippen LogP) is 2.53. The van der Waals surface area contributed by atoms with E-state index in [1.54, 1.807) is 36.8 Å². The predicted molar refractivity (Wildman–Crippen MR) is 85.0 cm³/mol. The van der Waals surface area contributed by atoms with Crippen molar-refractivity contribution in [1.29, 1.82) is 0 Å². The van der Waals surface area contributed by atoms with Crippen LogP contribution in [0.5, 0.6) is 5.75 Å². The van der Waals surface area contributed by atoms with E-state index in [1.807, 2.05) is 6.07 Å². The second-order valence-corrected chi connectivity index (χ2v) is 6.40. The van der Waals surface area contributed by atoms with Crippen LogP contribution >= 0.6 is 31.2 Å². The van der Waals surface area contributed by atoms with Crippen molar-refractivity contribution in [2.75, 3.05) is 12.5 Å². The summed E-state index contributed by atoms with van der Waals surface area (Å²) in [4.78, 5) is 0. The summed E-state index contributed by atoms with van der Waals surface area (Å²) >= 11 is 2.31. The second kappa shape index (κ2) is 7.47. The first-order chi connectivity index (χ1) is 8.99.